The number of likely N-dealkylation sites (N-methyl/N-ethyl adjacent to an activating group) is 1. The molecule has 0 amide bonds. The van der Waals surface area contributed by atoms with E-state index in [0.29, 0.717) is 5.92 Å². The first-order valence-corrected chi connectivity index (χ1v) is 6.64. The number of rotatable bonds is 4. The first-order chi connectivity index (χ1) is 8.19. The number of nitrogens with two attached hydrogens (primary N) is 1. The van der Waals surface area contributed by atoms with E-state index in [0.717, 1.165) is 13.1 Å². The van der Waals surface area contributed by atoms with Gasteiger partial charge in [-0.05, 0) is 31.4 Å². The molecule has 1 saturated carbocycles. The van der Waals surface area contributed by atoms with Crippen LogP contribution in [0.4, 0.5) is 0 Å². The zero-order valence-corrected chi connectivity index (χ0v) is 11.0. The third kappa shape index (κ3) is 2.38. The van der Waals surface area contributed by atoms with Crippen molar-refractivity contribution in [2.75, 3.05) is 13.6 Å². The van der Waals surface area contributed by atoms with Crippen molar-refractivity contribution >= 4 is 0 Å². The van der Waals surface area contributed by atoms with Gasteiger partial charge in [-0.25, -0.2) is 0 Å². The van der Waals surface area contributed by atoms with Gasteiger partial charge in [0.15, 0.2) is 0 Å². The Morgan fingerprint density at radius 1 is 1.35 bits per heavy atom. The second-order valence-electron chi connectivity index (χ2n) is 5.44. The van der Waals surface area contributed by atoms with E-state index in [9.17, 15) is 0 Å². The Kier molecular flexibility index (Phi) is 3.85. The van der Waals surface area contributed by atoms with Crippen molar-refractivity contribution in [1.29, 1.82) is 0 Å². The van der Waals surface area contributed by atoms with Gasteiger partial charge in [0.2, 0.25) is 0 Å². The van der Waals surface area contributed by atoms with Gasteiger partial charge in [-0.15, -0.1) is 0 Å². The van der Waals surface area contributed by atoms with Gasteiger partial charge in [0.1, 0.15) is 0 Å². The molecule has 1 aromatic carbocycles. The van der Waals surface area contributed by atoms with Crippen LogP contribution in [0.25, 0.3) is 0 Å². The number of hydrogen-bond acceptors (Lipinski definition) is 2. The minimum atomic E-state index is 0.218. The summed E-state index contributed by atoms with van der Waals surface area (Å²) in [6, 6.07) is 10.7. The molecule has 0 heterocycles. The second-order valence-corrected chi connectivity index (χ2v) is 5.44. The monoisotopic (exact) mass is 232 g/mol. The second kappa shape index (κ2) is 5.19. The SMILES string of the molecule is CC1CCCC1(CN)N(C)Cc1ccccc1. The zero-order valence-electron chi connectivity index (χ0n) is 11.0. The molecule has 0 radical (unpaired) electrons. The summed E-state index contributed by atoms with van der Waals surface area (Å²) in [5.74, 6) is 0.709. The van der Waals surface area contributed by atoms with Gasteiger partial charge in [-0.2, -0.15) is 0 Å². The van der Waals surface area contributed by atoms with Gasteiger partial charge in [-0.3, -0.25) is 4.90 Å². The molecule has 0 saturated heterocycles. The average molecular weight is 232 g/mol. The molecule has 2 rings (SSSR count). The van der Waals surface area contributed by atoms with Crippen LogP contribution in [0.2, 0.25) is 0 Å². The quantitative estimate of drug-likeness (QED) is 0.864. The lowest BCUT2D eigenvalue weighted by atomic mass is 9.86. The Morgan fingerprint density at radius 3 is 2.59 bits per heavy atom. The summed E-state index contributed by atoms with van der Waals surface area (Å²) in [5.41, 5.74) is 7.67. The van der Waals surface area contributed by atoms with Gasteiger partial charge >= 0.3 is 0 Å². The minimum Gasteiger partial charge on any atom is -0.329 e. The Labute approximate surface area is 105 Å². The molecule has 1 aliphatic carbocycles. The van der Waals surface area contributed by atoms with Crippen LogP contribution in [-0.2, 0) is 6.54 Å². The van der Waals surface area contributed by atoms with Crippen molar-refractivity contribution in [3.8, 4) is 0 Å². The van der Waals surface area contributed by atoms with Gasteiger partial charge in [0.25, 0.3) is 0 Å². The molecular formula is C15H24N2. The molecule has 0 bridgehead atoms. The van der Waals surface area contributed by atoms with E-state index in [2.05, 4.69) is 49.2 Å². The fraction of sp³-hybridized carbons (Fsp3) is 0.600. The third-order valence-corrected chi connectivity index (χ3v) is 4.54. The van der Waals surface area contributed by atoms with Crippen molar-refractivity contribution in [2.24, 2.45) is 11.7 Å². The van der Waals surface area contributed by atoms with Gasteiger partial charge in [0.05, 0.1) is 0 Å². The molecule has 1 aliphatic rings. The Bertz CT molecular complexity index is 349. The van der Waals surface area contributed by atoms with Crippen LogP contribution >= 0.6 is 0 Å². The lowest BCUT2D eigenvalue weighted by molar-refractivity contribution is 0.0841. The molecule has 94 valence electrons. The van der Waals surface area contributed by atoms with E-state index in [4.69, 9.17) is 5.73 Å². The number of nitrogens with zero attached hydrogens (tertiary/aromatic N) is 1. The van der Waals surface area contributed by atoms with Gasteiger partial charge in [-0.1, -0.05) is 43.7 Å². The minimum absolute atomic E-state index is 0.218. The molecule has 2 unspecified atom stereocenters. The molecule has 1 fully saturated rings. The summed E-state index contributed by atoms with van der Waals surface area (Å²) in [7, 11) is 2.22. The van der Waals surface area contributed by atoms with E-state index in [1.54, 1.807) is 0 Å². The maximum Gasteiger partial charge on any atom is 0.0357 e. The highest BCUT2D eigenvalue weighted by atomic mass is 15.2. The average Bonchev–Trinajstić information content (AvgIpc) is 2.73. The van der Waals surface area contributed by atoms with Crippen molar-refractivity contribution in [3.05, 3.63) is 35.9 Å². The number of hydrogen-bond donors (Lipinski definition) is 1. The highest BCUT2D eigenvalue weighted by molar-refractivity contribution is 5.15. The van der Waals surface area contributed by atoms with Gasteiger partial charge in [0, 0.05) is 18.6 Å². The standard InChI is InChI=1S/C15H24N2/c1-13-7-6-10-15(13,12-16)17(2)11-14-8-4-3-5-9-14/h3-5,8-9,13H,6-7,10-12,16H2,1-2H3. The molecule has 2 atom stereocenters. The first-order valence-electron chi connectivity index (χ1n) is 6.64. The predicted molar refractivity (Wildman–Crippen MR) is 72.7 cm³/mol. The van der Waals surface area contributed by atoms with Crippen LogP contribution in [0, 0.1) is 5.92 Å². The van der Waals surface area contributed by atoms with E-state index in [-0.39, 0.29) is 5.54 Å². The smallest absolute Gasteiger partial charge is 0.0357 e. The highest BCUT2D eigenvalue weighted by Gasteiger charge is 2.42. The van der Waals surface area contributed by atoms with Gasteiger partial charge < -0.3 is 5.73 Å². The fourth-order valence-corrected chi connectivity index (χ4v) is 3.27. The summed E-state index contributed by atoms with van der Waals surface area (Å²) in [5, 5.41) is 0. The maximum atomic E-state index is 6.07. The molecular weight excluding hydrogens is 208 g/mol. The molecule has 0 aliphatic heterocycles. The van der Waals surface area contributed by atoms with E-state index >= 15 is 0 Å². The Hall–Kier alpha value is -0.860. The molecule has 1 aromatic rings. The summed E-state index contributed by atoms with van der Waals surface area (Å²) < 4.78 is 0. The summed E-state index contributed by atoms with van der Waals surface area (Å²) in [6.45, 7) is 4.13. The molecule has 2 N–H and O–H groups in total. The lowest BCUT2D eigenvalue weighted by Gasteiger charge is -2.42. The molecule has 2 nitrogen and oxygen atoms in total. The van der Waals surface area contributed by atoms with Crippen molar-refractivity contribution in [2.45, 2.75) is 38.3 Å². The van der Waals surface area contributed by atoms with Crippen molar-refractivity contribution < 1.29 is 0 Å². The first kappa shape index (κ1) is 12.6. The lowest BCUT2D eigenvalue weighted by Crippen LogP contribution is -2.53. The van der Waals surface area contributed by atoms with E-state index in [1.807, 2.05) is 0 Å². The largest absolute Gasteiger partial charge is 0.329 e. The maximum absolute atomic E-state index is 6.07. The predicted octanol–water partition coefficient (Wildman–Crippen LogP) is 2.64. The Morgan fingerprint density at radius 2 is 2.06 bits per heavy atom. The van der Waals surface area contributed by atoms with E-state index < -0.39 is 0 Å². The summed E-state index contributed by atoms with van der Waals surface area (Å²) in [6.07, 6.45) is 3.88. The third-order valence-electron chi connectivity index (χ3n) is 4.54. The van der Waals surface area contributed by atoms with Crippen molar-refractivity contribution in [1.82, 2.24) is 4.90 Å². The molecule has 0 aromatic heterocycles. The zero-order chi connectivity index (χ0) is 12.3. The molecule has 0 spiro atoms. The summed E-state index contributed by atoms with van der Waals surface area (Å²) in [4.78, 5) is 2.47. The van der Waals surface area contributed by atoms with Crippen LogP contribution in [0.1, 0.15) is 31.7 Å². The topological polar surface area (TPSA) is 29.3 Å². The fourth-order valence-electron chi connectivity index (χ4n) is 3.27. The van der Waals surface area contributed by atoms with Crippen LogP contribution in [0.15, 0.2) is 30.3 Å². The van der Waals surface area contributed by atoms with Crippen LogP contribution in [0.3, 0.4) is 0 Å². The number of benzene rings is 1. The van der Waals surface area contributed by atoms with E-state index in [1.165, 1.54) is 24.8 Å². The normalized spacial score (nSPS) is 28.8. The molecule has 2 heteroatoms. The Balaban J connectivity index is 2.10. The van der Waals surface area contributed by atoms with Crippen molar-refractivity contribution in [3.63, 3.8) is 0 Å². The van der Waals surface area contributed by atoms with Crippen LogP contribution in [-0.4, -0.2) is 24.0 Å². The molecule has 17 heavy (non-hydrogen) atoms. The van der Waals surface area contributed by atoms with Crippen LogP contribution in [0.5, 0.6) is 0 Å². The van der Waals surface area contributed by atoms with Crippen LogP contribution < -0.4 is 5.73 Å². The summed E-state index contributed by atoms with van der Waals surface area (Å²) >= 11 is 0. The highest BCUT2D eigenvalue weighted by Crippen LogP contribution is 2.39.